The highest BCUT2D eigenvalue weighted by Gasteiger charge is 2.02. The highest BCUT2D eigenvalue weighted by molar-refractivity contribution is 5.93. The van der Waals surface area contributed by atoms with Crippen LogP contribution >= 0.6 is 0 Å². The molecule has 114 valence electrons. The molecular weight excluding hydrogens is 282 g/mol. The van der Waals surface area contributed by atoms with E-state index in [9.17, 15) is 4.79 Å². The Morgan fingerprint density at radius 3 is 2.48 bits per heavy atom. The molecule has 2 nitrogen and oxygen atoms in total. The normalized spacial score (nSPS) is 11.0. The van der Waals surface area contributed by atoms with Crippen molar-refractivity contribution >= 4 is 34.5 Å². The van der Waals surface area contributed by atoms with E-state index in [1.165, 1.54) is 17.7 Å². The summed E-state index contributed by atoms with van der Waals surface area (Å²) in [7, 11) is 0. The van der Waals surface area contributed by atoms with Crippen molar-refractivity contribution in [1.29, 1.82) is 0 Å². The lowest BCUT2D eigenvalue weighted by molar-refractivity contribution is -0.114. The summed E-state index contributed by atoms with van der Waals surface area (Å²) >= 11 is 0. The number of carbonyl (C=O) groups is 1. The average molecular weight is 301 g/mol. The summed E-state index contributed by atoms with van der Waals surface area (Å²) in [4.78, 5) is 11.3. The van der Waals surface area contributed by atoms with Crippen LogP contribution in [0.5, 0.6) is 0 Å². The summed E-state index contributed by atoms with van der Waals surface area (Å²) in [6, 6.07) is 20.7. The first-order valence-electron chi connectivity index (χ1n) is 7.67. The quantitative estimate of drug-likeness (QED) is 0.655. The molecule has 0 radical (unpaired) electrons. The standard InChI is InChI=1S/C21H19NO/c1-15-7-12-21(22-16(2)23)20(13-15)11-9-17-8-10-18-5-3-4-6-19(18)14-17/h3-14H,1-2H3,(H,22,23)/b11-9+. The first kappa shape index (κ1) is 15.0. The molecule has 23 heavy (non-hydrogen) atoms. The first-order valence-corrected chi connectivity index (χ1v) is 7.67. The SMILES string of the molecule is CC(=O)Nc1ccc(C)cc1/C=C/c1ccc2ccccc2c1. The number of nitrogens with one attached hydrogen (secondary N) is 1. The molecule has 0 heterocycles. The number of hydrogen-bond acceptors (Lipinski definition) is 1. The lowest BCUT2D eigenvalue weighted by atomic mass is 10.0. The highest BCUT2D eigenvalue weighted by atomic mass is 16.1. The maximum Gasteiger partial charge on any atom is 0.221 e. The Morgan fingerprint density at radius 2 is 1.70 bits per heavy atom. The van der Waals surface area contributed by atoms with Crippen LogP contribution in [0.2, 0.25) is 0 Å². The number of anilines is 1. The van der Waals surface area contributed by atoms with Gasteiger partial charge in [0.05, 0.1) is 0 Å². The zero-order valence-corrected chi connectivity index (χ0v) is 13.3. The molecule has 0 atom stereocenters. The van der Waals surface area contributed by atoms with Gasteiger partial charge in [0.1, 0.15) is 0 Å². The van der Waals surface area contributed by atoms with Crippen molar-refractivity contribution < 1.29 is 4.79 Å². The van der Waals surface area contributed by atoms with Crippen LogP contribution < -0.4 is 5.32 Å². The molecule has 3 aromatic carbocycles. The molecule has 3 rings (SSSR count). The second kappa shape index (κ2) is 6.49. The third-order valence-corrected chi connectivity index (χ3v) is 3.75. The lowest BCUT2D eigenvalue weighted by Gasteiger charge is -2.08. The molecule has 0 aliphatic heterocycles. The van der Waals surface area contributed by atoms with Crippen molar-refractivity contribution in [3.63, 3.8) is 0 Å². The Kier molecular flexibility index (Phi) is 4.24. The Bertz CT molecular complexity index is 893. The van der Waals surface area contributed by atoms with Crippen molar-refractivity contribution in [1.82, 2.24) is 0 Å². The molecule has 0 saturated heterocycles. The molecule has 2 heteroatoms. The van der Waals surface area contributed by atoms with Crippen molar-refractivity contribution in [2.45, 2.75) is 13.8 Å². The Morgan fingerprint density at radius 1 is 0.913 bits per heavy atom. The van der Waals surface area contributed by atoms with E-state index in [1.807, 2.05) is 37.3 Å². The zero-order chi connectivity index (χ0) is 16.2. The molecule has 0 fully saturated rings. The molecule has 3 aromatic rings. The topological polar surface area (TPSA) is 29.1 Å². The van der Waals surface area contributed by atoms with Crippen LogP contribution in [0.4, 0.5) is 5.69 Å². The summed E-state index contributed by atoms with van der Waals surface area (Å²) in [5.41, 5.74) is 4.14. The summed E-state index contributed by atoms with van der Waals surface area (Å²) < 4.78 is 0. The van der Waals surface area contributed by atoms with Gasteiger partial charge in [-0.3, -0.25) is 4.79 Å². The minimum absolute atomic E-state index is 0.0609. The maximum absolute atomic E-state index is 11.3. The Hall–Kier alpha value is -2.87. The number of amides is 1. The van der Waals surface area contributed by atoms with Crippen LogP contribution in [-0.2, 0) is 4.79 Å². The second-order valence-corrected chi connectivity index (χ2v) is 5.71. The molecule has 0 unspecified atom stereocenters. The third-order valence-electron chi connectivity index (χ3n) is 3.75. The van der Waals surface area contributed by atoms with Gasteiger partial charge in [0.15, 0.2) is 0 Å². The molecule has 0 spiro atoms. The van der Waals surface area contributed by atoms with Gasteiger partial charge in [0, 0.05) is 12.6 Å². The largest absolute Gasteiger partial charge is 0.326 e. The monoisotopic (exact) mass is 301 g/mol. The predicted molar refractivity (Wildman–Crippen MR) is 98.4 cm³/mol. The molecule has 0 bridgehead atoms. The minimum atomic E-state index is -0.0609. The van der Waals surface area contributed by atoms with Gasteiger partial charge in [-0.1, -0.05) is 60.2 Å². The van der Waals surface area contributed by atoms with Crippen LogP contribution in [0.15, 0.2) is 60.7 Å². The zero-order valence-electron chi connectivity index (χ0n) is 13.3. The van der Waals surface area contributed by atoms with E-state index < -0.39 is 0 Å². The first-order chi connectivity index (χ1) is 11.1. The van der Waals surface area contributed by atoms with Crippen molar-refractivity contribution in [3.05, 3.63) is 77.4 Å². The van der Waals surface area contributed by atoms with E-state index in [4.69, 9.17) is 0 Å². The summed E-state index contributed by atoms with van der Waals surface area (Å²) in [5.74, 6) is -0.0609. The molecule has 1 amide bonds. The van der Waals surface area contributed by atoms with E-state index in [0.29, 0.717) is 0 Å². The van der Waals surface area contributed by atoms with Gasteiger partial charge in [-0.05, 0) is 47.0 Å². The average Bonchev–Trinajstić information content (AvgIpc) is 2.54. The summed E-state index contributed by atoms with van der Waals surface area (Å²) in [6.07, 6.45) is 4.12. The van der Waals surface area contributed by atoms with Gasteiger partial charge in [0.25, 0.3) is 0 Å². The number of carbonyl (C=O) groups excluding carboxylic acids is 1. The number of benzene rings is 3. The maximum atomic E-state index is 11.3. The van der Waals surface area contributed by atoms with E-state index in [2.05, 4.69) is 47.8 Å². The molecule has 0 aromatic heterocycles. The van der Waals surface area contributed by atoms with Crippen LogP contribution in [0.25, 0.3) is 22.9 Å². The fourth-order valence-electron chi connectivity index (χ4n) is 2.62. The van der Waals surface area contributed by atoms with Gasteiger partial charge in [-0.15, -0.1) is 0 Å². The number of aryl methyl sites for hydroxylation is 1. The summed E-state index contributed by atoms with van der Waals surface area (Å²) in [5, 5.41) is 5.33. The third kappa shape index (κ3) is 3.67. The van der Waals surface area contributed by atoms with Crippen molar-refractivity contribution in [2.75, 3.05) is 5.32 Å². The number of rotatable bonds is 3. The van der Waals surface area contributed by atoms with Gasteiger partial charge in [0.2, 0.25) is 5.91 Å². The van der Waals surface area contributed by atoms with Crippen LogP contribution in [0.3, 0.4) is 0 Å². The molecular formula is C21H19NO. The Labute approximate surface area is 136 Å². The Balaban J connectivity index is 1.94. The van der Waals surface area contributed by atoms with Gasteiger partial charge >= 0.3 is 0 Å². The predicted octanol–water partition coefficient (Wildman–Crippen LogP) is 5.28. The van der Waals surface area contributed by atoms with Crippen molar-refractivity contribution in [3.8, 4) is 0 Å². The lowest BCUT2D eigenvalue weighted by Crippen LogP contribution is -2.07. The van der Waals surface area contributed by atoms with E-state index >= 15 is 0 Å². The molecule has 0 aliphatic carbocycles. The molecule has 1 N–H and O–H groups in total. The number of hydrogen-bond donors (Lipinski definition) is 1. The van der Waals surface area contributed by atoms with Crippen molar-refractivity contribution in [2.24, 2.45) is 0 Å². The molecule has 0 saturated carbocycles. The fraction of sp³-hybridized carbons (Fsp3) is 0.0952. The van der Waals surface area contributed by atoms with Gasteiger partial charge < -0.3 is 5.32 Å². The van der Waals surface area contributed by atoms with E-state index in [1.54, 1.807) is 0 Å². The minimum Gasteiger partial charge on any atom is -0.326 e. The van der Waals surface area contributed by atoms with Gasteiger partial charge in [-0.25, -0.2) is 0 Å². The van der Waals surface area contributed by atoms with E-state index in [0.717, 1.165) is 22.4 Å². The van der Waals surface area contributed by atoms with E-state index in [-0.39, 0.29) is 5.91 Å². The second-order valence-electron chi connectivity index (χ2n) is 5.71. The number of fused-ring (bicyclic) bond motifs is 1. The van der Waals surface area contributed by atoms with Gasteiger partial charge in [-0.2, -0.15) is 0 Å². The van der Waals surface area contributed by atoms with Crippen LogP contribution in [0.1, 0.15) is 23.6 Å². The summed E-state index contributed by atoms with van der Waals surface area (Å²) in [6.45, 7) is 3.57. The molecule has 0 aliphatic rings. The highest BCUT2D eigenvalue weighted by Crippen LogP contribution is 2.22. The van der Waals surface area contributed by atoms with Crippen LogP contribution in [0, 0.1) is 6.92 Å². The van der Waals surface area contributed by atoms with Crippen LogP contribution in [-0.4, -0.2) is 5.91 Å². The smallest absolute Gasteiger partial charge is 0.221 e. The fourth-order valence-corrected chi connectivity index (χ4v) is 2.62.